The number of sulfonamides is 1. The summed E-state index contributed by atoms with van der Waals surface area (Å²) in [7, 11) is -3.21. The number of ketones is 1. The fraction of sp³-hybridized carbons (Fsp3) is 0.346. The predicted molar refractivity (Wildman–Crippen MR) is 137 cm³/mol. The average Bonchev–Trinajstić information content (AvgIpc) is 3.34. The summed E-state index contributed by atoms with van der Waals surface area (Å²) < 4.78 is 25.7. The van der Waals surface area contributed by atoms with Crippen LogP contribution in [0.5, 0.6) is 0 Å². The van der Waals surface area contributed by atoms with Crippen LogP contribution in [0.3, 0.4) is 0 Å². The molecule has 1 aromatic carbocycles. The van der Waals surface area contributed by atoms with Crippen LogP contribution in [0.2, 0.25) is 5.02 Å². The van der Waals surface area contributed by atoms with Gasteiger partial charge in [-0.05, 0) is 65.6 Å². The normalized spacial score (nSPS) is 18.9. The first-order chi connectivity index (χ1) is 16.8. The van der Waals surface area contributed by atoms with Gasteiger partial charge in [0.05, 0.1) is 24.5 Å². The third-order valence-electron chi connectivity index (χ3n) is 7.05. The molecule has 1 atom stereocenters. The number of halogens is 1. The highest BCUT2D eigenvalue weighted by molar-refractivity contribution is 7.88. The second-order valence-electron chi connectivity index (χ2n) is 9.24. The Morgan fingerprint density at radius 3 is 2.74 bits per heavy atom. The first-order valence-electron chi connectivity index (χ1n) is 11.7. The van der Waals surface area contributed by atoms with Gasteiger partial charge in [-0.3, -0.25) is 9.78 Å². The number of piperidine rings is 1. The zero-order chi connectivity index (χ0) is 24.6. The zero-order valence-corrected chi connectivity index (χ0v) is 21.0. The Morgan fingerprint density at radius 2 is 2.03 bits per heavy atom. The van der Waals surface area contributed by atoms with Crippen LogP contribution in [0.15, 0.2) is 49.1 Å². The van der Waals surface area contributed by atoms with E-state index in [-0.39, 0.29) is 17.6 Å². The summed E-state index contributed by atoms with van der Waals surface area (Å²) >= 11 is 6.40. The number of carbonyl (C=O) groups excluding carboxylic acids is 1. The lowest BCUT2D eigenvalue weighted by Gasteiger charge is -2.35. The van der Waals surface area contributed by atoms with E-state index in [1.165, 1.54) is 12.6 Å². The summed E-state index contributed by atoms with van der Waals surface area (Å²) in [6.07, 6.45) is 10.7. The Kier molecular flexibility index (Phi) is 6.61. The van der Waals surface area contributed by atoms with E-state index in [4.69, 9.17) is 16.6 Å². The molecule has 3 heterocycles. The molecule has 1 N–H and O–H groups in total. The molecule has 1 aliphatic carbocycles. The average molecular weight is 511 g/mol. The van der Waals surface area contributed by atoms with Crippen LogP contribution >= 0.6 is 11.6 Å². The zero-order valence-electron chi connectivity index (χ0n) is 19.4. The number of carbonyl (C=O) groups is 1. The second kappa shape index (κ2) is 9.68. The van der Waals surface area contributed by atoms with Crippen molar-refractivity contribution in [3.8, 4) is 0 Å². The third kappa shape index (κ3) is 4.96. The molecule has 35 heavy (non-hydrogen) atoms. The summed E-state index contributed by atoms with van der Waals surface area (Å²) in [6.45, 7) is 1.01. The van der Waals surface area contributed by atoms with Crippen LogP contribution in [0.4, 0.5) is 0 Å². The van der Waals surface area contributed by atoms with E-state index in [0.717, 1.165) is 40.8 Å². The minimum absolute atomic E-state index is 0.00843. The molecule has 0 bridgehead atoms. The van der Waals surface area contributed by atoms with Crippen molar-refractivity contribution in [1.82, 2.24) is 19.3 Å². The Hall–Kier alpha value is -2.81. The Labute approximate surface area is 210 Å². The summed E-state index contributed by atoms with van der Waals surface area (Å²) in [5.41, 5.74) is 5.72. The molecule has 1 unspecified atom stereocenters. The molecular weight excluding hydrogens is 484 g/mol. The molecule has 2 aromatic heterocycles. The van der Waals surface area contributed by atoms with Gasteiger partial charge in [-0.1, -0.05) is 29.8 Å². The molecule has 1 fully saturated rings. The lowest BCUT2D eigenvalue weighted by molar-refractivity contribution is 0.0980. The third-order valence-corrected chi connectivity index (χ3v) is 8.59. The van der Waals surface area contributed by atoms with Gasteiger partial charge >= 0.3 is 0 Å². The smallest absolute Gasteiger partial charge is 0.211 e. The highest BCUT2D eigenvalue weighted by Crippen LogP contribution is 2.45. The molecule has 1 saturated heterocycles. The molecule has 182 valence electrons. The van der Waals surface area contributed by atoms with Gasteiger partial charge < -0.3 is 4.98 Å². The summed E-state index contributed by atoms with van der Waals surface area (Å²) in [4.78, 5) is 24.4. The maximum Gasteiger partial charge on any atom is 0.211 e. The van der Waals surface area contributed by atoms with Gasteiger partial charge in [-0.25, -0.2) is 17.7 Å². The van der Waals surface area contributed by atoms with Crippen molar-refractivity contribution >= 4 is 39.1 Å². The van der Waals surface area contributed by atoms with E-state index in [0.29, 0.717) is 36.6 Å². The van der Waals surface area contributed by atoms with Gasteiger partial charge in [-0.15, -0.1) is 0 Å². The van der Waals surface area contributed by atoms with Gasteiger partial charge in [0.2, 0.25) is 10.0 Å². The summed E-state index contributed by atoms with van der Waals surface area (Å²) in [5.74, 6) is 0.257. The molecule has 2 aliphatic rings. The van der Waals surface area contributed by atoms with Gasteiger partial charge in [0, 0.05) is 36.6 Å². The van der Waals surface area contributed by atoms with Crippen molar-refractivity contribution in [2.75, 3.05) is 19.3 Å². The van der Waals surface area contributed by atoms with Gasteiger partial charge in [0.15, 0.2) is 5.78 Å². The number of pyridine rings is 1. The van der Waals surface area contributed by atoms with E-state index in [2.05, 4.69) is 28.2 Å². The van der Waals surface area contributed by atoms with Crippen molar-refractivity contribution in [3.63, 3.8) is 0 Å². The number of aromatic amines is 1. The van der Waals surface area contributed by atoms with Crippen molar-refractivity contribution in [2.45, 2.75) is 31.6 Å². The molecule has 0 amide bonds. The maximum atomic E-state index is 12.7. The van der Waals surface area contributed by atoms with Crippen LogP contribution in [0.25, 0.3) is 11.6 Å². The number of nitrogens with one attached hydrogen (secondary N) is 1. The molecule has 5 rings (SSSR count). The lowest BCUT2D eigenvalue weighted by atomic mass is 9.76. The number of imidazole rings is 1. The largest absolute Gasteiger partial charge is 0.342 e. The number of hydrogen-bond donors (Lipinski definition) is 1. The van der Waals surface area contributed by atoms with E-state index >= 15 is 0 Å². The predicted octanol–water partition coefficient (Wildman–Crippen LogP) is 4.78. The molecule has 0 saturated carbocycles. The van der Waals surface area contributed by atoms with Gasteiger partial charge in [-0.2, -0.15) is 0 Å². The SMILES string of the molecule is CS(=O)(=O)N1CCC(C2c3ccc(Cl)cc3C=C(CCC(=O)c3cnc[nH]3)c3cccnc32)CC1. The first-order valence-corrected chi connectivity index (χ1v) is 14.0. The Morgan fingerprint density at radius 1 is 1.23 bits per heavy atom. The van der Waals surface area contributed by atoms with E-state index in [1.54, 1.807) is 10.5 Å². The standard InChI is InChI=1S/C26H27ClN4O3S/c1-35(33,34)31-11-8-17(9-12-31)25-21-6-5-20(27)14-19(21)13-18(22-3-2-10-29-26(22)25)4-7-24(32)23-15-28-16-30-23/h2-3,5-6,10,13-17,25H,4,7-9,11-12H2,1H3,(H,28,30). The Bertz CT molecular complexity index is 1380. The fourth-order valence-electron chi connectivity index (χ4n) is 5.32. The van der Waals surface area contributed by atoms with E-state index in [9.17, 15) is 13.2 Å². The number of aromatic nitrogens is 3. The molecule has 7 nitrogen and oxygen atoms in total. The number of H-pyrrole nitrogens is 1. The van der Waals surface area contributed by atoms with Crippen molar-refractivity contribution in [2.24, 2.45) is 5.92 Å². The number of rotatable bonds is 6. The van der Waals surface area contributed by atoms with Gasteiger partial charge in [0.1, 0.15) is 5.69 Å². The van der Waals surface area contributed by atoms with Crippen LogP contribution in [0.1, 0.15) is 64.5 Å². The maximum absolute atomic E-state index is 12.7. The quantitative estimate of drug-likeness (QED) is 0.481. The molecule has 1 aliphatic heterocycles. The van der Waals surface area contributed by atoms with Crippen LogP contribution in [-0.4, -0.2) is 52.8 Å². The number of fused-ring (bicyclic) bond motifs is 2. The highest BCUT2D eigenvalue weighted by atomic mass is 35.5. The number of hydrogen-bond acceptors (Lipinski definition) is 5. The van der Waals surface area contributed by atoms with Crippen molar-refractivity contribution in [1.29, 1.82) is 0 Å². The first kappa shape index (κ1) is 23.9. The molecule has 3 aromatic rings. The fourth-order valence-corrected chi connectivity index (χ4v) is 6.37. The monoisotopic (exact) mass is 510 g/mol. The highest BCUT2D eigenvalue weighted by Gasteiger charge is 2.36. The van der Waals surface area contributed by atoms with E-state index < -0.39 is 10.0 Å². The lowest BCUT2D eigenvalue weighted by Crippen LogP contribution is -2.39. The summed E-state index contributed by atoms with van der Waals surface area (Å²) in [5, 5.41) is 0.650. The Balaban J connectivity index is 1.52. The van der Waals surface area contributed by atoms with Crippen LogP contribution < -0.4 is 0 Å². The molecule has 9 heteroatoms. The number of benzene rings is 1. The van der Waals surface area contributed by atoms with Crippen molar-refractivity contribution < 1.29 is 13.2 Å². The van der Waals surface area contributed by atoms with Crippen LogP contribution in [-0.2, 0) is 10.0 Å². The molecular formula is C26H27ClN4O3S. The minimum Gasteiger partial charge on any atom is -0.342 e. The minimum atomic E-state index is -3.21. The van der Waals surface area contributed by atoms with E-state index in [1.807, 2.05) is 24.4 Å². The van der Waals surface area contributed by atoms with Crippen LogP contribution in [0, 0.1) is 5.92 Å². The number of Topliss-reactive ketones (excluding diaryl/α,β-unsaturated/α-hetero) is 1. The van der Waals surface area contributed by atoms with Gasteiger partial charge in [0.25, 0.3) is 0 Å². The number of nitrogens with zero attached hydrogens (tertiary/aromatic N) is 3. The topological polar surface area (TPSA) is 96.0 Å². The second-order valence-corrected chi connectivity index (χ2v) is 11.7. The summed E-state index contributed by atoms with van der Waals surface area (Å²) in [6, 6.07) is 9.94. The molecule has 0 radical (unpaired) electrons. The molecule has 0 spiro atoms. The van der Waals surface area contributed by atoms with Crippen molar-refractivity contribution in [3.05, 3.63) is 82.2 Å². The number of allylic oxidation sites excluding steroid dienone is 1.